The second-order valence-corrected chi connectivity index (χ2v) is 7.51. The number of benzene rings is 1. The molecule has 0 saturated carbocycles. The minimum atomic E-state index is 0.333. The molecule has 1 aliphatic rings. The van der Waals surface area contributed by atoms with Crippen LogP contribution in [-0.2, 0) is 0 Å². The van der Waals surface area contributed by atoms with Gasteiger partial charge in [-0.1, -0.05) is 38.1 Å². The second kappa shape index (κ2) is 7.10. The van der Waals surface area contributed by atoms with E-state index in [0.717, 1.165) is 55.0 Å². The minimum Gasteiger partial charge on any atom is -0.353 e. The van der Waals surface area contributed by atoms with E-state index in [1.54, 1.807) is 0 Å². The van der Waals surface area contributed by atoms with Crippen LogP contribution in [0.15, 0.2) is 30.3 Å². The Labute approximate surface area is 160 Å². The van der Waals surface area contributed by atoms with Crippen molar-refractivity contribution in [2.75, 3.05) is 36.0 Å². The summed E-state index contributed by atoms with van der Waals surface area (Å²) in [5.74, 6) is 3.27. The molecule has 0 amide bonds. The molecule has 0 N–H and O–H groups in total. The van der Waals surface area contributed by atoms with Gasteiger partial charge in [0.25, 0.3) is 0 Å². The Kier molecular flexibility index (Phi) is 4.64. The fourth-order valence-electron chi connectivity index (χ4n) is 3.60. The number of anilines is 2. The van der Waals surface area contributed by atoms with Gasteiger partial charge in [0.2, 0.25) is 0 Å². The normalized spacial score (nSPS) is 15.0. The maximum atomic E-state index is 4.78. The zero-order chi connectivity index (χ0) is 19.0. The Hall–Kier alpha value is -2.76. The molecule has 6 nitrogen and oxygen atoms in total. The molecule has 1 saturated heterocycles. The summed E-state index contributed by atoms with van der Waals surface area (Å²) in [6.07, 6.45) is 0. The smallest absolute Gasteiger partial charge is 0.159 e. The lowest BCUT2D eigenvalue weighted by molar-refractivity contribution is 0.634. The van der Waals surface area contributed by atoms with Gasteiger partial charge in [0, 0.05) is 54.6 Å². The quantitative estimate of drug-likeness (QED) is 0.711. The van der Waals surface area contributed by atoms with Crippen molar-refractivity contribution < 1.29 is 0 Å². The molecule has 3 heterocycles. The molecule has 0 unspecified atom stereocenters. The molecule has 1 fully saturated rings. The summed E-state index contributed by atoms with van der Waals surface area (Å²) in [5.41, 5.74) is 2.01. The summed E-state index contributed by atoms with van der Waals surface area (Å²) in [4.78, 5) is 14.0. The van der Waals surface area contributed by atoms with Gasteiger partial charge >= 0.3 is 0 Å². The van der Waals surface area contributed by atoms with Gasteiger partial charge < -0.3 is 9.80 Å². The monoisotopic (exact) mass is 362 g/mol. The van der Waals surface area contributed by atoms with Crippen molar-refractivity contribution in [3.63, 3.8) is 0 Å². The van der Waals surface area contributed by atoms with Gasteiger partial charge in [-0.2, -0.15) is 5.10 Å². The van der Waals surface area contributed by atoms with Crippen LogP contribution in [0.2, 0.25) is 0 Å². The first kappa shape index (κ1) is 17.6. The number of nitrogens with zero attached hydrogens (tertiary/aromatic N) is 6. The molecule has 6 heteroatoms. The predicted octanol–water partition coefficient (Wildman–Crippen LogP) is 3.49. The summed E-state index contributed by atoms with van der Waals surface area (Å²) in [7, 11) is 0. The Morgan fingerprint density at radius 2 is 1.52 bits per heavy atom. The highest BCUT2D eigenvalue weighted by Crippen LogP contribution is 2.27. The van der Waals surface area contributed by atoms with E-state index < -0.39 is 0 Å². The van der Waals surface area contributed by atoms with Crippen molar-refractivity contribution in [2.24, 2.45) is 0 Å². The summed E-state index contributed by atoms with van der Waals surface area (Å²) in [6, 6.07) is 10.5. The zero-order valence-corrected chi connectivity index (χ0v) is 16.5. The Morgan fingerprint density at radius 1 is 0.852 bits per heavy atom. The van der Waals surface area contributed by atoms with Gasteiger partial charge in [0.1, 0.15) is 11.6 Å². The molecule has 27 heavy (non-hydrogen) atoms. The Morgan fingerprint density at radius 3 is 2.22 bits per heavy atom. The molecule has 0 bridgehead atoms. The summed E-state index contributed by atoms with van der Waals surface area (Å²) < 4.78 is 0. The lowest BCUT2D eigenvalue weighted by Gasteiger charge is -2.36. The molecular formula is C21H26N6. The minimum absolute atomic E-state index is 0.333. The first-order chi connectivity index (χ1) is 13.0. The van der Waals surface area contributed by atoms with Crippen LogP contribution in [0.25, 0.3) is 10.8 Å². The maximum absolute atomic E-state index is 4.78. The van der Waals surface area contributed by atoms with Crippen LogP contribution in [0.3, 0.4) is 0 Å². The van der Waals surface area contributed by atoms with Gasteiger partial charge in [-0.05, 0) is 13.8 Å². The van der Waals surface area contributed by atoms with E-state index in [-0.39, 0.29) is 0 Å². The molecule has 1 aliphatic heterocycles. The van der Waals surface area contributed by atoms with E-state index >= 15 is 0 Å². The topological polar surface area (TPSA) is 58.0 Å². The van der Waals surface area contributed by atoms with E-state index in [1.807, 2.05) is 13.8 Å². The maximum Gasteiger partial charge on any atom is 0.159 e. The lowest BCUT2D eigenvalue weighted by atomic mass is 10.1. The van der Waals surface area contributed by atoms with Gasteiger partial charge in [-0.15, -0.1) is 5.10 Å². The van der Waals surface area contributed by atoms with Gasteiger partial charge in [-0.3, -0.25) is 0 Å². The molecule has 2 aromatic heterocycles. The van der Waals surface area contributed by atoms with Crippen LogP contribution in [0, 0.1) is 13.8 Å². The number of hydrogen-bond donors (Lipinski definition) is 0. The fraction of sp³-hybridized carbons (Fsp3) is 0.429. The number of hydrogen-bond acceptors (Lipinski definition) is 6. The fourth-order valence-corrected chi connectivity index (χ4v) is 3.60. The highest BCUT2D eigenvalue weighted by molar-refractivity contribution is 5.93. The molecule has 0 radical (unpaired) electrons. The second-order valence-electron chi connectivity index (χ2n) is 7.51. The van der Waals surface area contributed by atoms with Crippen molar-refractivity contribution in [2.45, 2.75) is 33.6 Å². The third-order valence-electron chi connectivity index (χ3n) is 5.13. The first-order valence-electron chi connectivity index (χ1n) is 9.60. The molecule has 1 aromatic carbocycles. The highest BCUT2D eigenvalue weighted by Gasteiger charge is 2.22. The third-order valence-corrected chi connectivity index (χ3v) is 5.13. The van der Waals surface area contributed by atoms with E-state index in [9.17, 15) is 0 Å². The van der Waals surface area contributed by atoms with Gasteiger partial charge in [0.15, 0.2) is 5.82 Å². The predicted molar refractivity (Wildman–Crippen MR) is 110 cm³/mol. The third kappa shape index (κ3) is 3.44. The molecule has 0 aliphatic carbocycles. The summed E-state index contributed by atoms with van der Waals surface area (Å²) >= 11 is 0. The first-order valence-corrected chi connectivity index (χ1v) is 9.60. The van der Waals surface area contributed by atoms with Crippen LogP contribution in [0.4, 0.5) is 11.6 Å². The summed E-state index contributed by atoms with van der Waals surface area (Å²) in [5, 5.41) is 11.2. The molecule has 140 valence electrons. The van der Waals surface area contributed by atoms with Crippen LogP contribution in [-0.4, -0.2) is 46.3 Å². The van der Waals surface area contributed by atoms with Crippen LogP contribution in [0.1, 0.15) is 37.0 Å². The lowest BCUT2D eigenvalue weighted by Crippen LogP contribution is -2.47. The summed E-state index contributed by atoms with van der Waals surface area (Å²) in [6.45, 7) is 12.0. The Balaban J connectivity index is 1.56. The SMILES string of the molecule is Cc1cc(N2CCN(c3nnc(C)c4ccccc34)CC2)nc(C(C)C)n1. The number of rotatable bonds is 3. The van der Waals surface area contributed by atoms with E-state index in [0.29, 0.717) is 5.92 Å². The number of fused-ring (bicyclic) bond motifs is 1. The van der Waals surface area contributed by atoms with Crippen molar-refractivity contribution >= 4 is 22.4 Å². The van der Waals surface area contributed by atoms with Crippen molar-refractivity contribution in [3.05, 3.63) is 47.5 Å². The Bertz CT molecular complexity index is 960. The average molecular weight is 362 g/mol. The van der Waals surface area contributed by atoms with Gasteiger partial charge in [-0.25, -0.2) is 9.97 Å². The van der Waals surface area contributed by atoms with Crippen molar-refractivity contribution in [1.29, 1.82) is 0 Å². The molecule has 3 aromatic rings. The van der Waals surface area contributed by atoms with E-state index in [2.05, 4.69) is 69.2 Å². The number of piperazine rings is 1. The van der Waals surface area contributed by atoms with Gasteiger partial charge in [0.05, 0.1) is 5.69 Å². The molecule has 0 atom stereocenters. The zero-order valence-electron chi connectivity index (χ0n) is 16.5. The van der Waals surface area contributed by atoms with Crippen molar-refractivity contribution in [3.8, 4) is 0 Å². The van der Waals surface area contributed by atoms with E-state index in [4.69, 9.17) is 4.98 Å². The van der Waals surface area contributed by atoms with Crippen LogP contribution < -0.4 is 9.80 Å². The standard InChI is InChI=1S/C21H26N6/c1-14(2)20-22-15(3)13-19(23-20)26-9-11-27(12-10-26)21-18-8-6-5-7-17(18)16(4)24-25-21/h5-8,13-14H,9-12H2,1-4H3. The molecular weight excluding hydrogens is 336 g/mol. The van der Waals surface area contributed by atoms with Crippen molar-refractivity contribution in [1.82, 2.24) is 20.2 Å². The van der Waals surface area contributed by atoms with Crippen LogP contribution in [0.5, 0.6) is 0 Å². The number of aryl methyl sites for hydroxylation is 2. The molecule has 0 spiro atoms. The molecule has 4 rings (SSSR count). The average Bonchev–Trinajstić information content (AvgIpc) is 2.68. The van der Waals surface area contributed by atoms with E-state index in [1.165, 1.54) is 10.8 Å². The highest BCUT2D eigenvalue weighted by atomic mass is 15.3. The van der Waals surface area contributed by atoms with Crippen LogP contribution >= 0.6 is 0 Å². The number of aromatic nitrogens is 4. The largest absolute Gasteiger partial charge is 0.353 e.